The smallest absolute Gasteiger partial charge is 0.205 e. The van der Waals surface area contributed by atoms with Crippen molar-refractivity contribution in [3.63, 3.8) is 0 Å². The van der Waals surface area contributed by atoms with Crippen molar-refractivity contribution in [2.24, 2.45) is 10.8 Å². The second-order valence-corrected chi connectivity index (χ2v) is 12.1. The van der Waals surface area contributed by atoms with Gasteiger partial charge in [-0.15, -0.1) is 0 Å². The van der Waals surface area contributed by atoms with E-state index in [1.807, 2.05) is 24.5 Å². The number of ether oxygens (including phenoxy) is 2. The van der Waals surface area contributed by atoms with Crippen LogP contribution in [0.2, 0.25) is 0 Å². The number of pyridine rings is 3. The van der Waals surface area contributed by atoms with Gasteiger partial charge in [-0.1, -0.05) is 6.07 Å². The standard InChI is InChI=1S/C31H27BN8O2/c1-41-29-26(32)4-19(8-36-29)11-39-22-5-23(39)13-38(12-22)27-3-2-20(9-35-27)25-6-24(14-40-28(25)21(7-33)10-37-40)42-18-31-15-30(31,16-31)17-34/h2-4,6,8-10,14,22-23H,5,11-13,15-16,18H2,1H3. The van der Waals surface area contributed by atoms with Crippen molar-refractivity contribution >= 4 is 24.6 Å². The van der Waals surface area contributed by atoms with Crippen LogP contribution in [0.25, 0.3) is 16.6 Å². The van der Waals surface area contributed by atoms with Crippen molar-refractivity contribution in [1.82, 2.24) is 24.5 Å². The van der Waals surface area contributed by atoms with Crippen molar-refractivity contribution in [3.8, 4) is 34.9 Å². The van der Waals surface area contributed by atoms with Crippen LogP contribution in [-0.2, 0) is 6.54 Å². The summed E-state index contributed by atoms with van der Waals surface area (Å²) in [7, 11) is 7.64. The van der Waals surface area contributed by atoms with Crippen LogP contribution in [0, 0.1) is 33.5 Å². The van der Waals surface area contributed by atoms with Gasteiger partial charge in [0.15, 0.2) is 0 Å². The number of fused-ring (bicyclic) bond motifs is 4. The Morgan fingerprint density at radius 3 is 2.60 bits per heavy atom. The summed E-state index contributed by atoms with van der Waals surface area (Å²) < 4.78 is 13.1. The second-order valence-electron chi connectivity index (χ2n) is 12.1. The molecule has 5 aliphatic rings. The number of nitriles is 2. The molecule has 2 radical (unpaired) electrons. The fraction of sp³-hybridized carbons (Fsp3) is 0.387. The van der Waals surface area contributed by atoms with Crippen LogP contribution in [0.3, 0.4) is 0 Å². The predicted octanol–water partition coefficient (Wildman–Crippen LogP) is 2.61. The first-order chi connectivity index (χ1) is 20.4. The van der Waals surface area contributed by atoms with Gasteiger partial charge in [0.25, 0.3) is 0 Å². The Morgan fingerprint density at radius 2 is 1.93 bits per heavy atom. The van der Waals surface area contributed by atoms with Crippen LogP contribution < -0.4 is 19.8 Å². The van der Waals surface area contributed by atoms with Gasteiger partial charge >= 0.3 is 0 Å². The molecule has 206 valence electrons. The number of hydrogen-bond acceptors (Lipinski definition) is 9. The third-order valence-corrected chi connectivity index (χ3v) is 9.70. The molecule has 42 heavy (non-hydrogen) atoms. The first-order valence-corrected chi connectivity index (χ1v) is 14.2. The molecule has 4 aromatic rings. The summed E-state index contributed by atoms with van der Waals surface area (Å²) in [5.74, 6) is 2.07. The zero-order valence-electron chi connectivity index (χ0n) is 23.2. The van der Waals surface area contributed by atoms with Crippen LogP contribution in [0.5, 0.6) is 11.6 Å². The lowest BCUT2D eigenvalue weighted by atomic mass is 9.86. The molecule has 0 N–H and O–H groups in total. The molecule has 2 saturated carbocycles. The zero-order chi connectivity index (χ0) is 28.6. The molecular weight excluding hydrogens is 527 g/mol. The molecule has 4 aromatic heterocycles. The average molecular weight is 554 g/mol. The van der Waals surface area contributed by atoms with Crippen molar-refractivity contribution in [3.05, 3.63) is 60.2 Å². The van der Waals surface area contributed by atoms with Crippen molar-refractivity contribution in [2.75, 3.05) is 31.7 Å². The Hall–Kier alpha value is -4.61. The normalized spacial score (nSPS) is 27.0. The summed E-state index contributed by atoms with van der Waals surface area (Å²) in [5.41, 5.74) is 4.47. The van der Waals surface area contributed by atoms with E-state index >= 15 is 0 Å². The molecule has 3 saturated heterocycles. The molecule has 0 amide bonds. The molecule has 7 heterocycles. The van der Waals surface area contributed by atoms with Gasteiger partial charge in [0, 0.05) is 60.7 Å². The zero-order valence-corrected chi connectivity index (χ0v) is 23.2. The largest absolute Gasteiger partial charge is 0.491 e. The maximum absolute atomic E-state index is 9.73. The number of piperazine rings is 1. The summed E-state index contributed by atoms with van der Waals surface area (Å²) in [6.07, 6.45) is 10.1. The van der Waals surface area contributed by atoms with Crippen LogP contribution in [0.15, 0.2) is 49.1 Å². The van der Waals surface area contributed by atoms with E-state index < -0.39 is 0 Å². The van der Waals surface area contributed by atoms with Gasteiger partial charge in [-0.05, 0) is 48.5 Å². The molecule has 2 aliphatic carbocycles. The van der Waals surface area contributed by atoms with E-state index in [1.54, 1.807) is 24.0 Å². The molecule has 2 bridgehead atoms. The first kappa shape index (κ1) is 25.1. The summed E-state index contributed by atoms with van der Waals surface area (Å²) in [5, 5.41) is 23.5. The van der Waals surface area contributed by atoms with E-state index in [0.717, 1.165) is 60.5 Å². The first-order valence-electron chi connectivity index (χ1n) is 14.2. The molecular formula is C31H27BN8O2. The summed E-state index contributed by atoms with van der Waals surface area (Å²) in [4.78, 5) is 14.0. The Labute approximate surface area is 244 Å². The van der Waals surface area contributed by atoms with Gasteiger partial charge < -0.3 is 14.4 Å². The predicted molar refractivity (Wildman–Crippen MR) is 154 cm³/mol. The quantitative estimate of drug-likeness (QED) is 0.303. The fourth-order valence-electron chi connectivity index (χ4n) is 7.00. The fourth-order valence-corrected chi connectivity index (χ4v) is 7.00. The average Bonchev–Trinajstić information content (AvgIpc) is 3.78. The van der Waals surface area contributed by atoms with E-state index in [4.69, 9.17) is 22.3 Å². The molecule has 0 spiro atoms. The van der Waals surface area contributed by atoms with Gasteiger partial charge in [0.05, 0.1) is 48.7 Å². The number of nitrogens with zero attached hydrogens (tertiary/aromatic N) is 8. The molecule has 2 atom stereocenters. The topological polar surface area (TPSA) is 116 Å². The Morgan fingerprint density at radius 1 is 1.10 bits per heavy atom. The van der Waals surface area contributed by atoms with Crippen molar-refractivity contribution in [1.29, 1.82) is 10.5 Å². The number of rotatable bonds is 8. The third-order valence-electron chi connectivity index (χ3n) is 9.70. The van der Waals surface area contributed by atoms with Gasteiger partial charge in [-0.3, -0.25) is 4.90 Å². The molecule has 11 heteroatoms. The highest BCUT2D eigenvalue weighted by molar-refractivity contribution is 6.34. The molecule has 2 unspecified atom stereocenters. The van der Waals surface area contributed by atoms with E-state index in [9.17, 15) is 10.5 Å². The van der Waals surface area contributed by atoms with E-state index in [0.29, 0.717) is 41.3 Å². The number of piperidine rings is 1. The third kappa shape index (κ3) is 3.77. The highest BCUT2D eigenvalue weighted by atomic mass is 16.5. The van der Waals surface area contributed by atoms with Crippen LogP contribution in [0.1, 0.15) is 30.4 Å². The number of aromatic nitrogens is 4. The van der Waals surface area contributed by atoms with Gasteiger partial charge in [-0.2, -0.15) is 15.6 Å². The Kier molecular flexibility index (Phi) is 5.35. The minimum Gasteiger partial charge on any atom is -0.491 e. The summed E-state index contributed by atoms with van der Waals surface area (Å²) in [6.45, 7) is 3.15. The van der Waals surface area contributed by atoms with E-state index in [-0.39, 0.29) is 10.8 Å². The lowest BCUT2D eigenvalue weighted by Gasteiger charge is -2.56. The molecule has 5 fully saturated rings. The monoisotopic (exact) mass is 554 g/mol. The van der Waals surface area contributed by atoms with E-state index in [1.165, 1.54) is 6.42 Å². The van der Waals surface area contributed by atoms with Gasteiger partial charge in [-0.25, -0.2) is 14.5 Å². The Balaban J connectivity index is 0.992. The van der Waals surface area contributed by atoms with Crippen molar-refractivity contribution in [2.45, 2.75) is 37.9 Å². The molecule has 3 aliphatic heterocycles. The maximum Gasteiger partial charge on any atom is 0.205 e. The lowest BCUT2D eigenvalue weighted by molar-refractivity contribution is -0.00874. The minimum absolute atomic E-state index is 0.0195. The molecule has 0 aromatic carbocycles. The second kappa shape index (κ2) is 8.95. The molecule has 10 nitrogen and oxygen atoms in total. The van der Waals surface area contributed by atoms with Crippen LogP contribution >= 0.6 is 0 Å². The maximum atomic E-state index is 9.73. The number of methoxy groups -OCH3 is 1. The number of hydrogen-bond donors (Lipinski definition) is 0. The van der Waals surface area contributed by atoms with Crippen LogP contribution in [0.4, 0.5) is 5.82 Å². The van der Waals surface area contributed by atoms with Crippen molar-refractivity contribution < 1.29 is 9.47 Å². The summed E-state index contributed by atoms with van der Waals surface area (Å²) >= 11 is 0. The lowest BCUT2D eigenvalue weighted by Crippen LogP contribution is -2.68. The SMILES string of the molecule is [B]c1cc(CN2C3CC2CN(c2ccc(-c4cc(OCC56CC5(C#N)C6)cn5ncc(C#N)c45)cn2)C3)cnc1OC. The number of anilines is 1. The van der Waals surface area contributed by atoms with E-state index in [2.05, 4.69) is 44.2 Å². The van der Waals surface area contributed by atoms with Crippen LogP contribution in [-0.4, -0.2) is 71.2 Å². The Bertz CT molecular complexity index is 1810. The highest BCUT2D eigenvalue weighted by Crippen LogP contribution is 2.85. The molecule has 9 rings (SSSR count). The minimum atomic E-state index is -0.160. The summed E-state index contributed by atoms with van der Waals surface area (Å²) in [6, 6.07) is 13.6. The highest BCUT2D eigenvalue weighted by Gasteiger charge is 2.84. The van der Waals surface area contributed by atoms with Gasteiger partial charge in [0.2, 0.25) is 5.88 Å². The van der Waals surface area contributed by atoms with Gasteiger partial charge in [0.1, 0.15) is 25.5 Å².